The van der Waals surface area contributed by atoms with Crippen molar-refractivity contribution >= 4 is 17.5 Å². The molecular formula is C15H21N3O2. The molecule has 0 heterocycles. The van der Waals surface area contributed by atoms with Gasteiger partial charge in [0.05, 0.1) is 6.04 Å². The lowest BCUT2D eigenvalue weighted by Crippen LogP contribution is -2.35. The van der Waals surface area contributed by atoms with Crippen molar-refractivity contribution in [2.24, 2.45) is 5.73 Å². The highest BCUT2D eigenvalue weighted by Crippen LogP contribution is 2.19. The highest BCUT2D eigenvalue weighted by atomic mass is 16.2. The van der Waals surface area contributed by atoms with Crippen LogP contribution < -0.4 is 16.4 Å². The SMILES string of the molecule is CCC[C@H](N)C(=O)Nc1ccc(C(=O)NC2CC2)cc1. The zero-order valence-corrected chi connectivity index (χ0v) is 11.7. The normalized spacial score (nSPS) is 15.5. The summed E-state index contributed by atoms with van der Waals surface area (Å²) < 4.78 is 0. The molecule has 0 radical (unpaired) electrons. The predicted octanol–water partition coefficient (Wildman–Crippen LogP) is 1.64. The van der Waals surface area contributed by atoms with Gasteiger partial charge in [-0.2, -0.15) is 0 Å². The van der Waals surface area contributed by atoms with Gasteiger partial charge in [-0.15, -0.1) is 0 Å². The fourth-order valence-corrected chi connectivity index (χ4v) is 1.88. The molecule has 1 atom stereocenters. The first-order valence-electron chi connectivity index (χ1n) is 7.07. The van der Waals surface area contributed by atoms with Crippen molar-refractivity contribution in [3.05, 3.63) is 29.8 Å². The molecule has 0 aliphatic heterocycles. The summed E-state index contributed by atoms with van der Waals surface area (Å²) in [5, 5.41) is 5.67. The molecule has 1 aliphatic carbocycles. The van der Waals surface area contributed by atoms with Gasteiger partial charge in [-0.1, -0.05) is 13.3 Å². The monoisotopic (exact) mass is 275 g/mol. The molecule has 4 N–H and O–H groups in total. The minimum atomic E-state index is -0.488. The van der Waals surface area contributed by atoms with Crippen molar-refractivity contribution in [1.82, 2.24) is 5.32 Å². The zero-order valence-electron chi connectivity index (χ0n) is 11.7. The molecule has 5 heteroatoms. The van der Waals surface area contributed by atoms with Crippen LogP contribution in [0.1, 0.15) is 43.0 Å². The molecule has 2 amide bonds. The summed E-state index contributed by atoms with van der Waals surface area (Å²) in [7, 11) is 0. The third-order valence-corrected chi connectivity index (χ3v) is 3.26. The highest BCUT2D eigenvalue weighted by molar-refractivity contribution is 5.97. The molecular weight excluding hydrogens is 254 g/mol. The Morgan fingerprint density at radius 2 is 1.95 bits per heavy atom. The highest BCUT2D eigenvalue weighted by Gasteiger charge is 2.23. The number of hydrogen-bond donors (Lipinski definition) is 3. The first-order chi connectivity index (χ1) is 9.60. The van der Waals surface area contributed by atoms with Crippen LogP contribution in [0.5, 0.6) is 0 Å². The summed E-state index contributed by atoms with van der Waals surface area (Å²) in [6.07, 6.45) is 3.66. The lowest BCUT2D eigenvalue weighted by atomic mass is 10.1. The maximum Gasteiger partial charge on any atom is 0.251 e. The summed E-state index contributed by atoms with van der Waals surface area (Å²) in [5.41, 5.74) is 7.00. The molecule has 1 aromatic rings. The molecule has 1 aliphatic rings. The van der Waals surface area contributed by atoms with E-state index in [0.717, 1.165) is 19.3 Å². The van der Waals surface area contributed by atoms with Crippen molar-refractivity contribution in [2.45, 2.75) is 44.7 Å². The standard InChI is InChI=1S/C15H21N3O2/c1-2-3-13(16)15(20)18-11-6-4-10(5-7-11)14(19)17-12-8-9-12/h4-7,12-13H,2-3,8-9,16H2,1H3,(H,17,19)(H,18,20)/t13-/m0/s1. The van der Waals surface area contributed by atoms with Crippen molar-refractivity contribution < 1.29 is 9.59 Å². The molecule has 20 heavy (non-hydrogen) atoms. The summed E-state index contributed by atoms with van der Waals surface area (Å²) in [6, 6.07) is 6.71. The molecule has 108 valence electrons. The van der Waals surface area contributed by atoms with Crippen LogP contribution in [0.3, 0.4) is 0 Å². The molecule has 0 spiro atoms. The predicted molar refractivity (Wildman–Crippen MR) is 78.4 cm³/mol. The van der Waals surface area contributed by atoms with Gasteiger partial charge in [-0.05, 0) is 43.5 Å². The second-order valence-corrected chi connectivity index (χ2v) is 5.21. The largest absolute Gasteiger partial charge is 0.349 e. The van der Waals surface area contributed by atoms with E-state index in [4.69, 9.17) is 5.73 Å². The molecule has 0 bridgehead atoms. The van der Waals surface area contributed by atoms with Gasteiger partial charge in [-0.25, -0.2) is 0 Å². The van der Waals surface area contributed by atoms with E-state index in [0.29, 0.717) is 23.7 Å². The van der Waals surface area contributed by atoms with Gasteiger partial charge in [0.1, 0.15) is 0 Å². The number of benzene rings is 1. The number of carbonyl (C=O) groups is 2. The van der Waals surface area contributed by atoms with E-state index in [1.807, 2.05) is 6.92 Å². The van der Waals surface area contributed by atoms with Gasteiger partial charge in [0.25, 0.3) is 5.91 Å². The molecule has 0 saturated heterocycles. The number of nitrogens with one attached hydrogen (secondary N) is 2. The Morgan fingerprint density at radius 3 is 2.50 bits per heavy atom. The lowest BCUT2D eigenvalue weighted by Gasteiger charge is -2.11. The minimum absolute atomic E-state index is 0.0620. The first kappa shape index (κ1) is 14.5. The van der Waals surface area contributed by atoms with Gasteiger partial charge in [-0.3, -0.25) is 9.59 Å². The van der Waals surface area contributed by atoms with Crippen molar-refractivity contribution in [3.63, 3.8) is 0 Å². The van der Waals surface area contributed by atoms with Crippen molar-refractivity contribution in [2.75, 3.05) is 5.32 Å². The molecule has 1 fully saturated rings. The van der Waals surface area contributed by atoms with Gasteiger partial charge in [0.15, 0.2) is 0 Å². The van der Waals surface area contributed by atoms with E-state index in [1.54, 1.807) is 24.3 Å². The maximum atomic E-state index is 11.8. The zero-order chi connectivity index (χ0) is 14.5. The number of anilines is 1. The number of nitrogens with two attached hydrogens (primary N) is 1. The van der Waals surface area contributed by atoms with Crippen LogP contribution in [-0.4, -0.2) is 23.9 Å². The number of rotatable bonds is 6. The second-order valence-electron chi connectivity index (χ2n) is 5.21. The summed E-state index contributed by atoms with van der Waals surface area (Å²) in [4.78, 5) is 23.6. The third kappa shape index (κ3) is 4.06. The number of hydrogen-bond acceptors (Lipinski definition) is 3. The van der Waals surface area contributed by atoms with Crippen LogP contribution in [0.15, 0.2) is 24.3 Å². The van der Waals surface area contributed by atoms with E-state index in [9.17, 15) is 9.59 Å². The van der Waals surface area contributed by atoms with Crippen LogP contribution in [-0.2, 0) is 4.79 Å². The average molecular weight is 275 g/mol. The summed E-state index contributed by atoms with van der Waals surface area (Å²) in [5.74, 6) is -0.255. The number of amides is 2. The van der Waals surface area contributed by atoms with Gasteiger partial charge < -0.3 is 16.4 Å². The summed E-state index contributed by atoms with van der Waals surface area (Å²) >= 11 is 0. The van der Waals surface area contributed by atoms with E-state index in [2.05, 4.69) is 10.6 Å². The van der Waals surface area contributed by atoms with Crippen molar-refractivity contribution in [1.29, 1.82) is 0 Å². The Morgan fingerprint density at radius 1 is 1.30 bits per heavy atom. The molecule has 1 aromatic carbocycles. The number of carbonyl (C=O) groups excluding carboxylic acids is 2. The summed E-state index contributed by atoms with van der Waals surface area (Å²) in [6.45, 7) is 1.99. The fraction of sp³-hybridized carbons (Fsp3) is 0.467. The molecule has 1 saturated carbocycles. The second kappa shape index (κ2) is 6.52. The van der Waals surface area contributed by atoms with Crippen LogP contribution in [0, 0.1) is 0 Å². The Kier molecular flexibility index (Phi) is 4.74. The Balaban J connectivity index is 1.90. The fourth-order valence-electron chi connectivity index (χ4n) is 1.88. The van der Waals surface area contributed by atoms with Crippen molar-refractivity contribution in [3.8, 4) is 0 Å². The Labute approximate surface area is 118 Å². The van der Waals surface area contributed by atoms with Gasteiger partial charge in [0.2, 0.25) is 5.91 Å². The molecule has 2 rings (SSSR count). The maximum absolute atomic E-state index is 11.8. The van der Waals surface area contributed by atoms with Crippen LogP contribution >= 0.6 is 0 Å². The third-order valence-electron chi connectivity index (χ3n) is 3.26. The van der Waals surface area contributed by atoms with Crippen LogP contribution in [0.4, 0.5) is 5.69 Å². The molecule has 0 aromatic heterocycles. The van der Waals surface area contributed by atoms with E-state index in [1.165, 1.54) is 0 Å². The smallest absolute Gasteiger partial charge is 0.251 e. The molecule has 5 nitrogen and oxygen atoms in total. The first-order valence-corrected chi connectivity index (χ1v) is 7.07. The average Bonchev–Trinajstić information content (AvgIpc) is 3.23. The topological polar surface area (TPSA) is 84.2 Å². The van der Waals surface area contributed by atoms with Crippen LogP contribution in [0.2, 0.25) is 0 Å². The van der Waals surface area contributed by atoms with Gasteiger partial charge in [0, 0.05) is 17.3 Å². The molecule has 0 unspecified atom stereocenters. The van der Waals surface area contributed by atoms with E-state index in [-0.39, 0.29) is 11.8 Å². The Bertz CT molecular complexity index is 480. The lowest BCUT2D eigenvalue weighted by molar-refractivity contribution is -0.117. The Hall–Kier alpha value is -1.88. The minimum Gasteiger partial charge on any atom is -0.349 e. The van der Waals surface area contributed by atoms with Gasteiger partial charge >= 0.3 is 0 Å². The van der Waals surface area contributed by atoms with E-state index < -0.39 is 6.04 Å². The van der Waals surface area contributed by atoms with Crippen LogP contribution in [0.25, 0.3) is 0 Å². The van der Waals surface area contributed by atoms with E-state index >= 15 is 0 Å². The quantitative estimate of drug-likeness (QED) is 0.738.